The molecule has 2 atom stereocenters. The molecule has 2 aromatic rings. The molecule has 0 saturated carbocycles. The second-order valence-corrected chi connectivity index (χ2v) is 7.05. The van der Waals surface area contributed by atoms with Crippen LogP contribution in [0.15, 0.2) is 41.8 Å². The number of piperidine rings is 1. The van der Waals surface area contributed by atoms with Crippen LogP contribution in [0.3, 0.4) is 0 Å². The van der Waals surface area contributed by atoms with Crippen LogP contribution in [-0.4, -0.2) is 44.2 Å². The predicted octanol–water partition coefficient (Wildman–Crippen LogP) is 3.48. The molecule has 1 saturated heterocycles. The lowest BCUT2D eigenvalue weighted by atomic mass is 9.88. The van der Waals surface area contributed by atoms with Gasteiger partial charge in [-0.1, -0.05) is 18.2 Å². The number of ether oxygens (including phenoxy) is 2. The van der Waals surface area contributed by atoms with Gasteiger partial charge in [-0.15, -0.1) is 11.3 Å². The quantitative estimate of drug-likeness (QED) is 0.833. The van der Waals surface area contributed by atoms with Gasteiger partial charge in [0.05, 0.1) is 18.1 Å². The van der Waals surface area contributed by atoms with E-state index in [2.05, 4.69) is 12.1 Å². The molecule has 24 heavy (non-hydrogen) atoms. The fourth-order valence-electron chi connectivity index (χ4n) is 3.32. The minimum absolute atomic E-state index is 0.138. The molecule has 0 aliphatic carbocycles. The van der Waals surface area contributed by atoms with Crippen LogP contribution in [0.1, 0.15) is 21.7 Å². The number of hydrogen-bond acceptors (Lipinski definition) is 4. The number of carbonyl (C=O) groups excluding carboxylic acids is 1. The van der Waals surface area contributed by atoms with Gasteiger partial charge >= 0.3 is 0 Å². The fourth-order valence-corrected chi connectivity index (χ4v) is 4.01. The van der Waals surface area contributed by atoms with Crippen molar-refractivity contribution in [1.82, 2.24) is 4.90 Å². The zero-order valence-electron chi connectivity index (χ0n) is 14.1. The molecule has 0 radical (unpaired) electrons. The SMILES string of the molecule is COc1ccc(C[C@H]2CN(C(=O)c3cccs3)CC[C@@H]2OC)cc1. The van der Waals surface area contributed by atoms with E-state index >= 15 is 0 Å². The number of hydrogen-bond donors (Lipinski definition) is 0. The number of carbonyl (C=O) groups is 1. The number of thiophene rings is 1. The molecule has 1 fully saturated rings. The largest absolute Gasteiger partial charge is 0.497 e. The third kappa shape index (κ3) is 3.79. The van der Waals surface area contributed by atoms with Crippen molar-refractivity contribution < 1.29 is 14.3 Å². The van der Waals surface area contributed by atoms with Crippen molar-refractivity contribution in [3.63, 3.8) is 0 Å². The van der Waals surface area contributed by atoms with Crippen molar-refractivity contribution in [1.29, 1.82) is 0 Å². The van der Waals surface area contributed by atoms with Crippen molar-refractivity contribution in [2.75, 3.05) is 27.3 Å². The minimum atomic E-state index is 0.138. The first-order valence-electron chi connectivity index (χ1n) is 8.19. The van der Waals surface area contributed by atoms with Crippen molar-refractivity contribution in [2.24, 2.45) is 5.92 Å². The van der Waals surface area contributed by atoms with Crippen LogP contribution in [0.2, 0.25) is 0 Å². The van der Waals surface area contributed by atoms with E-state index in [0.717, 1.165) is 36.6 Å². The molecular formula is C19H23NO3S. The molecule has 3 rings (SSSR count). The number of likely N-dealkylation sites (tertiary alicyclic amines) is 1. The van der Waals surface area contributed by atoms with Gasteiger partial charge in [-0.25, -0.2) is 0 Å². The third-order valence-corrected chi connectivity index (χ3v) is 5.50. The van der Waals surface area contributed by atoms with Gasteiger partial charge in [-0.3, -0.25) is 4.79 Å². The Morgan fingerprint density at radius 2 is 2.04 bits per heavy atom. The smallest absolute Gasteiger partial charge is 0.263 e. The summed E-state index contributed by atoms with van der Waals surface area (Å²) in [5.74, 6) is 1.31. The number of benzene rings is 1. The monoisotopic (exact) mass is 345 g/mol. The van der Waals surface area contributed by atoms with Gasteiger partial charge in [0.2, 0.25) is 0 Å². The highest BCUT2D eigenvalue weighted by Crippen LogP contribution is 2.26. The zero-order valence-corrected chi connectivity index (χ0v) is 14.9. The lowest BCUT2D eigenvalue weighted by molar-refractivity contribution is -0.00284. The summed E-state index contributed by atoms with van der Waals surface area (Å²) in [4.78, 5) is 15.4. The van der Waals surface area contributed by atoms with Gasteiger partial charge in [-0.2, -0.15) is 0 Å². The number of amides is 1. The van der Waals surface area contributed by atoms with Crippen LogP contribution in [0.5, 0.6) is 5.75 Å². The summed E-state index contributed by atoms with van der Waals surface area (Å²) in [6.07, 6.45) is 1.98. The molecule has 0 bridgehead atoms. The normalized spacial score (nSPS) is 20.8. The van der Waals surface area contributed by atoms with Gasteiger partial charge in [0.15, 0.2) is 0 Å². The maximum Gasteiger partial charge on any atom is 0.263 e. The Balaban J connectivity index is 1.69. The summed E-state index contributed by atoms with van der Waals surface area (Å²) in [7, 11) is 3.44. The fraction of sp³-hybridized carbons (Fsp3) is 0.421. The number of methoxy groups -OCH3 is 2. The van der Waals surface area contributed by atoms with Gasteiger partial charge in [0.1, 0.15) is 5.75 Å². The molecule has 2 heterocycles. The van der Waals surface area contributed by atoms with Crippen LogP contribution < -0.4 is 4.74 Å². The lowest BCUT2D eigenvalue weighted by Gasteiger charge is -2.38. The molecule has 1 amide bonds. The predicted molar refractivity (Wildman–Crippen MR) is 95.8 cm³/mol. The second kappa shape index (κ2) is 7.81. The average molecular weight is 345 g/mol. The van der Waals surface area contributed by atoms with E-state index in [1.54, 1.807) is 14.2 Å². The molecule has 1 aromatic heterocycles. The van der Waals surface area contributed by atoms with Gasteiger partial charge in [0.25, 0.3) is 5.91 Å². The van der Waals surface area contributed by atoms with Crippen LogP contribution in [0.25, 0.3) is 0 Å². The topological polar surface area (TPSA) is 38.8 Å². The first-order chi connectivity index (χ1) is 11.7. The molecule has 4 nitrogen and oxygen atoms in total. The van der Waals surface area contributed by atoms with Gasteiger partial charge in [-0.05, 0) is 42.0 Å². The first-order valence-corrected chi connectivity index (χ1v) is 9.07. The molecule has 1 aromatic carbocycles. The summed E-state index contributed by atoms with van der Waals surface area (Å²) in [6.45, 7) is 1.50. The molecule has 1 aliphatic heterocycles. The number of rotatable bonds is 5. The molecule has 0 N–H and O–H groups in total. The van der Waals surface area contributed by atoms with E-state index in [0.29, 0.717) is 5.92 Å². The zero-order chi connectivity index (χ0) is 16.9. The van der Waals surface area contributed by atoms with Crippen molar-refractivity contribution in [3.05, 3.63) is 52.2 Å². The summed E-state index contributed by atoms with van der Waals surface area (Å²) >= 11 is 1.50. The third-order valence-electron chi connectivity index (χ3n) is 4.64. The maximum atomic E-state index is 12.6. The van der Waals surface area contributed by atoms with E-state index < -0.39 is 0 Å². The highest BCUT2D eigenvalue weighted by Gasteiger charge is 2.32. The minimum Gasteiger partial charge on any atom is -0.497 e. The Bertz CT molecular complexity index is 654. The summed E-state index contributed by atoms with van der Waals surface area (Å²) in [6, 6.07) is 12.0. The van der Waals surface area contributed by atoms with Gasteiger partial charge in [0, 0.05) is 26.1 Å². The van der Waals surface area contributed by atoms with E-state index in [1.165, 1.54) is 16.9 Å². The van der Waals surface area contributed by atoms with E-state index in [4.69, 9.17) is 9.47 Å². The van der Waals surface area contributed by atoms with Gasteiger partial charge < -0.3 is 14.4 Å². The molecule has 128 valence electrons. The highest BCUT2D eigenvalue weighted by molar-refractivity contribution is 7.12. The summed E-state index contributed by atoms with van der Waals surface area (Å²) < 4.78 is 10.9. The molecular weight excluding hydrogens is 322 g/mol. The van der Waals surface area contributed by atoms with E-state index in [9.17, 15) is 4.79 Å². The Hall–Kier alpha value is -1.85. The van der Waals surface area contributed by atoms with Crippen molar-refractivity contribution in [3.8, 4) is 5.75 Å². The second-order valence-electron chi connectivity index (χ2n) is 6.10. The van der Waals surface area contributed by atoms with Crippen LogP contribution in [0.4, 0.5) is 0 Å². The molecule has 1 aliphatic rings. The standard InChI is InChI=1S/C19H23NO3S/c1-22-16-7-5-14(6-8-16)12-15-13-20(10-9-17(15)23-2)19(21)18-4-3-11-24-18/h3-8,11,15,17H,9-10,12-13H2,1-2H3/t15-,17-/m0/s1. The van der Waals surface area contributed by atoms with Crippen molar-refractivity contribution >= 4 is 17.2 Å². The molecule has 0 spiro atoms. The molecule has 0 unspecified atom stereocenters. The van der Waals surface area contributed by atoms with Crippen molar-refractivity contribution in [2.45, 2.75) is 18.9 Å². The summed E-state index contributed by atoms with van der Waals surface area (Å²) in [5.41, 5.74) is 1.24. The highest BCUT2D eigenvalue weighted by atomic mass is 32.1. The Labute approximate surface area is 147 Å². The van der Waals surface area contributed by atoms with Crippen LogP contribution in [-0.2, 0) is 11.2 Å². The van der Waals surface area contributed by atoms with Crippen LogP contribution >= 0.6 is 11.3 Å². The molecule has 5 heteroatoms. The van der Waals surface area contributed by atoms with E-state index in [-0.39, 0.29) is 12.0 Å². The maximum absolute atomic E-state index is 12.6. The van der Waals surface area contributed by atoms with E-state index in [1.807, 2.05) is 34.5 Å². The summed E-state index contributed by atoms with van der Waals surface area (Å²) in [5, 5.41) is 1.95. The Morgan fingerprint density at radius 3 is 2.67 bits per heavy atom. The Kier molecular flexibility index (Phi) is 5.53. The first kappa shape index (κ1) is 17.0. The lowest BCUT2D eigenvalue weighted by Crippen LogP contribution is -2.47. The Morgan fingerprint density at radius 1 is 1.25 bits per heavy atom. The number of nitrogens with zero attached hydrogens (tertiary/aromatic N) is 1. The van der Waals surface area contributed by atoms with Crippen LogP contribution in [0, 0.1) is 5.92 Å². The average Bonchev–Trinajstić information content (AvgIpc) is 3.16.